The summed E-state index contributed by atoms with van der Waals surface area (Å²) >= 11 is 0. The van der Waals surface area contributed by atoms with Gasteiger partial charge in [0.2, 0.25) is 0 Å². The van der Waals surface area contributed by atoms with Gasteiger partial charge in [-0.3, -0.25) is 15.0 Å². The Morgan fingerprint density at radius 3 is 2.31 bits per heavy atom. The SMILES string of the molecule is CN(CC(C)(C)O)C(=O)C(=O)NN. The molecule has 0 rings (SSSR count). The molecule has 0 heterocycles. The van der Waals surface area contributed by atoms with Crippen molar-refractivity contribution >= 4 is 11.8 Å². The monoisotopic (exact) mass is 189 g/mol. The average Bonchev–Trinajstić information content (AvgIpc) is 1.98. The number of nitrogens with one attached hydrogen (secondary N) is 1. The second-order valence-electron chi connectivity index (χ2n) is 3.45. The van der Waals surface area contributed by atoms with Gasteiger partial charge in [0.1, 0.15) is 0 Å². The Kier molecular flexibility index (Phi) is 3.83. The van der Waals surface area contributed by atoms with Crippen LogP contribution < -0.4 is 11.3 Å². The van der Waals surface area contributed by atoms with Gasteiger partial charge >= 0.3 is 11.8 Å². The Morgan fingerprint density at radius 2 is 2.00 bits per heavy atom. The number of amides is 2. The lowest BCUT2D eigenvalue weighted by molar-refractivity contribution is -0.146. The largest absolute Gasteiger partial charge is 0.389 e. The molecule has 0 fully saturated rings. The summed E-state index contributed by atoms with van der Waals surface area (Å²) in [6, 6.07) is 0. The lowest BCUT2D eigenvalue weighted by Crippen LogP contribution is -2.48. The first-order valence-electron chi connectivity index (χ1n) is 3.76. The van der Waals surface area contributed by atoms with Crippen LogP contribution in [0, 0.1) is 0 Å². The van der Waals surface area contributed by atoms with Crippen molar-refractivity contribution in [2.75, 3.05) is 13.6 Å². The lowest BCUT2D eigenvalue weighted by atomic mass is 10.1. The van der Waals surface area contributed by atoms with Gasteiger partial charge in [0.05, 0.1) is 5.60 Å². The van der Waals surface area contributed by atoms with Crippen LogP contribution in [-0.2, 0) is 9.59 Å². The van der Waals surface area contributed by atoms with E-state index >= 15 is 0 Å². The maximum atomic E-state index is 11.1. The molecule has 0 aliphatic heterocycles. The average molecular weight is 189 g/mol. The molecule has 0 unspecified atom stereocenters. The van der Waals surface area contributed by atoms with Crippen molar-refractivity contribution in [1.82, 2.24) is 10.3 Å². The molecule has 4 N–H and O–H groups in total. The molecule has 0 aromatic carbocycles. The molecule has 0 spiro atoms. The van der Waals surface area contributed by atoms with E-state index in [1.54, 1.807) is 5.43 Å². The summed E-state index contributed by atoms with van der Waals surface area (Å²) in [5.41, 5.74) is 0.691. The fourth-order valence-corrected chi connectivity index (χ4v) is 0.887. The second kappa shape index (κ2) is 4.20. The van der Waals surface area contributed by atoms with Crippen molar-refractivity contribution < 1.29 is 14.7 Å². The smallest absolute Gasteiger partial charge is 0.323 e. The first kappa shape index (κ1) is 11.9. The van der Waals surface area contributed by atoms with Crippen molar-refractivity contribution in [3.63, 3.8) is 0 Å². The Hall–Kier alpha value is -1.14. The van der Waals surface area contributed by atoms with Gasteiger partial charge in [0, 0.05) is 13.6 Å². The number of nitrogens with two attached hydrogens (primary N) is 1. The minimum Gasteiger partial charge on any atom is -0.389 e. The van der Waals surface area contributed by atoms with Gasteiger partial charge in [-0.15, -0.1) is 0 Å². The summed E-state index contributed by atoms with van der Waals surface area (Å²) in [7, 11) is 1.41. The highest BCUT2D eigenvalue weighted by molar-refractivity contribution is 6.34. The Bertz CT molecular complexity index is 210. The van der Waals surface area contributed by atoms with Crippen LogP contribution in [0.5, 0.6) is 0 Å². The van der Waals surface area contributed by atoms with Gasteiger partial charge in [0.15, 0.2) is 0 Å². The van der Waals surface area contributed by atoms with Crippen LogP contribution in [0.4, 0.5) is 0 Å². The maximum absolute atomic E-state index is 11.1. The van der Waals surface area contributed by atoms with Crippen LogP contribution in [0.15, 0.2) is 0 Å². The molecule has 2 amide bonds. The number of nitrogens with zero attached hydrogens (tertiary/aromatic N) is 1. The van der Waals surface area contributed by atoms with E-state index in [9.17, 15) is 14.7 Å². The van der Waals surface area contributed by atoms with Crippen molar-refractivity contribution in [3.8, 4) is 0 Å². The molecule has 0 bridgehead atoms. The van der Waals surface area contributed by atoms with Crippen molar-refractivity contribution in [2.24, 2.45) is 5.84 Å². The topological polar surface area (TPSA) is 95.7 Å². The third-order valence-corrected chi connectivity index (χ3v) is 1.30. The van der Waals surface area contributed by atoms with Crippen molar-refractivity contribution in [1.29, 1.82) is 0 Å². The van der Waals surface area contributed by atoms with E-state index in [1.807, 2.05) is 0 Å². The van der Waals surface area contributed by atoms with E-state index < -0.39 is 17.4 Å². The first-order chi connectivity index (χ1) is 5.78. The number of hydrogen-bond acceptors (Lipinski definition) is 4. The van der Waals surface area contributed by atoms with E-state index in [1.165, 1.54) is 20.9 Å². The van der Waals surface area contributed by atoms with Gasteiger partial charge in [0.25, 0.3) is 0 Å². The summed E-state index contributed by atoms with van der Waals surface area (Å²) in [4.78, 5) is 22.9. The van der Waals surface area contributed by atoms with E-state index in [-0.39, 0.29) is 6.54 Å². The van der Waals surface area contributed by atoms with Gasteiger partial charge in [-0.25, -0.2) is 5.84 Å². The number of hydrazine groups is 1. The zero-order chi connectivity index (χ0) is 10.6. The summed E-state index contributed by atoms with van der Waals surface area (Å²) in [5.74, 6) is 3.09. The first-order valence-corrected chi connectivity index (χ1v) is 3.76. The standard InChI is InChI=1S/C7H15N3O3/c1-7(2,13)4-10(3)6(12)5(11)9-8/h13H,4,8H2,1-3H3,(H,9,11). The fourth-order valence-electron chi connectivity index (χ4n) is 0.887. The summed E-state index contributed by atoms with van der Waals surface area (Å²) < 4.78 is 0. The van der Waals surface area contributed by atoms with Crippen LogP contribution in [0.3, 0.4) is 0 Å². The molecule has 0 aromatic heterocycles. The fraction of sp³-hybridized carbons (Fsp3) is 0.714. The Morgan fingerprint density at radius 1 is 1.54 bits per heavy atom. The zero-order valence-electron chi connectivity index (χ0n) is 8.00. The van der Waals surface area contributed by atoms with Crippen LogP contribution in [-0.4, -0.2) is 41.0 Å². The van der Waals surface area contributed by atoms with Gasteiger partial charge < -0.3 is 10.0 Å². The predicted octanol–water partition coefficient (Wildman–Crippen LogP) is -1.79. The summed E-state index contributed by atoms with van der Waals surface area (Å²) in [6.45, 7) is 3.15. The van der Waals surface area contributed by atoms with Gasteiger partial charge in [-0.2, -0.15) is 0 Å². The number of carbonyl (C=O) groups excluding carboxylic acids is 2. The van der Waals surface area contributed by atoms with E-state index in [0.717, 1.165) is 4.90 Å². The molecule has 6 nitrogen and oxygen atoms in total. The van der Waals surface area contributed by atoms with Crippen LogP contribution in [0.1, 0.15) is 13.8 Å². The quantitative estimate of drug-likeness (QED) is 0.207. The minimum atomic E-state index is -1.03. The number of hydrogen-bond donors (Lipinski definition) is 3. The highest BCUT2D eigenvalue weighted by Gasteiger charge is 2.23. The van der Waals surface area contributed by atoms with Crippen molar-refractivity contribution in [2.45, 2.75) is 19.4 Å². The molecule has 0 radical (unpaired) electrons. The van der Waals surface area contributed by atoms with Gasteiger partial charge in [-0.1, -0.05) is 0 Å². The number of likely N-dealkylation sites (N-methyl/N-ethyl adjacent to an activating group) is 1. The molecule has 0 atom stereocenters. The summed E-state index contributed by atoms with van der Waals surface area (Å²) in [5, 5.41) is 9.33. The van der Waals surface area contributed by atoms with Crippen LogP contribution in [0.25, 0.3) is 0 Å². The third-order valence-electron chi connectivity index (χ3n) is 1.30. The number of aliphatic hydroxyl groups is 1. The number of carbonyl (C=O) groups is 2. The zero-order valence-corrected chi connectivity index (χ0v) is 8.00. The number of rotatable bonds is 2. The van der Waals surface area contributed by atoms with Crippen molar-refractivity contribution in [3.05, 3.63) is 0 Å². The molecular formula is C7H15N3O3. The maximum Gasteiger partial charge on any atom is 0.323 e. The molecule has 0 saturated carbocycles. The Balaban J connectivity index is 4.20. The third kappa shape index (κ3) is 4.44. The molecule has 0 aliphatic carbocycles. The van der Waals surface area contributed by atoms with Crippen LogP contribution in [0.2, 0.25) is 0 Å². The van der Waals surface area contributed by atoms with E-state index in [4.69, 9.17) is 5.84 Å². The van der Waals surface area contributed by atoms with Crippen LogP contribution >= 0.6 is 0 Å². The molecule has 0 saturated heterocycles. The highest BCUT2D eigenvalue weighted by atomic mass is 16.3. The van der Waals surface area contributed by atoms with E-state index in [2.05, 4.69) is 0 Å². The van der Waals surface area contributed by atoms with Gasteiger partial charge in [-0.05, 0) is 13.8 Å². The molecule has 6 heteroatoms. The van der Waals surface area contributed by atoms with E-state index in [0.29, 0.717) is 0 Å². The molecule has 0 aliphatic rings. The molecule has 76 valence electrons. The highest BCUT2D eigenvalue weighted by Crippen LogP contribution is 2.02. The second-order valence-corrected chi connectivity index (χ2v) is 3.45. The Labute approximate surface area is 76.7 Å². The molecule has 13 heavy (non-hydrogen) atoms. The molecule has 0 aromatic rings. The molecular weight excluding hydrogens is 174 g/mol. The predicted molar refractivity (Wildman–Crippen MR) is 46.3 cm³/mol. The summed E-state index contributed by atoms with van der Waals surface area (Å²) in [6.07, 6.45) is 0. The lowest BCUT2D eigenvalue weighted by Gasteiger charge is -2.24. The normalized spacial score (nSPS) is 10.8. The minimum absolute atomic E-state index is 0.0687.